The van der Waals surface area contributed by atoms with Crippen LogP contribution < -0.4 is 10.1 Å². The van der Waals surface area contributed by atoms with Crippen molar-refractivity contribution in [2.45, 2.75) is 12.8 Å². The van der Waals surface area contributed by atoms with Crippen molar-refractivity contribution in [1.29, 1.82) is 0 Å². The average Bonchev–Trinajstić information content (AvgIpc) is 2.49. The molecule has 0 heterocycles. The Morgan fingerprint density at radius 1 is 1.25 bits per heavy atom. The van der Waals surface area contributed by atoms with E-state index in [-0.39, 0.29) is 19.0 Å². The summed E-state index contributed by atoms with van der Waals surface area (Å²) in [5, 5.41) is 5.29. The minimum absolute atomic E-state index is 0.0768. The Morgan fingerprint density at radius 3 is 2.70 bits per heavy atom. The van der Waals surface area contributed by atoms with Gasteiger partial charge in [0.2, 0.25) is 0 Å². The molecule has 5 heteroatoms. The maximum absolute atomic E-state index is 11.7. The van der Waals surface area contributed by atoms with Gasteiger partial charge in [-0.25, -0.2) is 0 Å². The van der Waals surface area contributed by atoms with Crippen LogP contribution in [0, 0.1) is 4.91 Å². The molecule has 0 spiro atoms. The molecule has 2 rings (SSSR count). The number of hydrogen-bond acceptors (Lipinski definition) is 4. The van der Waals surface area contributed by atoms with Crippen LogP contribution in [0.1, 0.15) is 23.2 Å². The lowest BCUT2D eigenvalue weighted by molar-refractivity contribution is 0.0955. The second kappa shape index (κ2) is 7.23. The predicted octanol–water partition coefficient (Wildman–Crippen LogP) is 2.80. The molecule has 1 aromatic rings. The molecule has 104 valence electrons. The van der Waals surface area contributed by atoms with Gasteiger partial charge in [0.25, 0.3) is 5.91 Å². The normalized spacial score (nSPS) is 13.5. The first kappa shape index (κ1) is 14.0. The fourth-order valence-corrected chi connectivity index (χ4v) is 1.79. The van der Waals surface area contributed by atoms with E-state index in [1.165, 1.54) is 0 Å². The van der Waals surface area contributed by atoms with E-state index in [0.717, 1.165) is 18.6 Å². The first-order valence-corrected chi connectivity index (χ1v) is 6.51. The van der Waals surface area contributed by atoms with Crippen molar-refractivity contribution in [3.63, 3.8) is 0 Å². The highest BCUT2D eigenvalue weighted by molar-refractivity contribution is 5.94. The van der Waals surface area contributed by atoms with Crippen molar-refractivity contribution in [3.8, 4) is 5.75 Å². The van der Waals surface area contributed by atoms with Gasteiger partial charge in [-0.05, 0) is 49.3 Å². The third-order valence-electron chi connectivity index (χ3n) is 2.80. The molecular weight excluding hydrogens is 256 g/mol. The Balaban J connectivity index is 1.92. The highest BCUT2D eigenvalue weighted by atomic mass is 16.5. The molecule has 1 aliphatic rings. The van der Waals surface area contributed by atoms with Crippen molar-refractivity contribution in [2.24, 2.45) is 5.18 Å². The second-order valence-electron chi connectivity index (χ2n) is 4.32. The first-order valence-electron chi connectivity index (χ1n) is 6.51. The van der Waals surface area contributed by atoms with Gasteiger partial charge in [0.1, 0.15) is 11.5 Å². The number of rotatable bonds is 6. The van der Waals surface area contributed by atoms with Crippen LogP contribution in [0.25, 0.3) is 0 Å². The summed E-state index contributed by atoms with van der Waals surface area (Å²) in [6.45, 7) is 0.325. The van der Waals surface area contributed by atoms with Crippen LogP contribution in [0.2, 0.25) is 0 Å². The highest BCUT2D eigenvalue weighted by Crippen LogP contribution is 2.18. The molecular formula is C15H16N2O3. The quantitative estimate of drug-likeness (QED) is 0.639. The van der Waals surface area contributed by atoms with Crippen molar-refractivity contribution < 1.29 is 9.53 Å². The molecule has 0 radical (unpaired) electrons. The van der Waals surface area contributed by atoms with E-state index in [1.54, 1.807) is 24.3 Å². The lowest BCUT2D eigenvalue weighted by Gasteiger charge is -2.10. The van der Waals surface area contributed by atoms with Crippen molar-refractivity contribution in [1.82, 2.24) is 5.32 Å². The molecule has 1 aromatic carbocycles. The summed E-state index contributed by atoms with van der Waals surface area (Å²) >= 11 is 0. The molecule has 0 unspecified atom stereocenters. The van der Waals surface area contributed by atoms with Gasteiger partial charge in [-0.3, -0.25) is 4.79 Å². The van der Waals surface area contributed by atoms with E-state index in [0.29, 0.717) is 11.3 Å². The predicted molar refractivity (Wildman–Crippen MR) is 76.5 cm³/mol. The number of allylic oxidation sites excluding steroid dienone is 3. The summed E-state index contributed by atoms with van der Waals surface area (Å²) in [5.74, 6) is 1.29. The molecule has 0 fully saturated rings. The molecule has 0 aliphatic heterocycles. The second-order valence-corrected chi connectivity index (χ2v) is 4.32. The smallest absolute Gasteiger partial charge is 0.251 e. The summed E-state index contributed by atoms with van der Waals surface area (Å²) in [7, 11) is 0. The van der Waals surface area contributed by atoms with Crippen LogP contribution in [0.4, 0.5) is 0 Å². The number of nitrogens with zero attached hydrogens (tertiary/aromatic N) is 1. The zero-order chi connectivity index (χ0) is 14.2. The van der Waals surface area contributed by atoms with Crippen molar-refractivity contribution in [3.05, 3.63) is 58.7 Å². The van der Waals surface area contributed by atoms with Crippen LogP contribution in [0.5, 0.6) is 5.75 Å². The molecule has 0 bridgehead atoms. The molecule has 0 saturated carbocycles. The Bertz CT molecular complexity index is 533. The monoisotopic (exact) mass is 272 g/mol. The minimum atomic E-state index is -0.225. The van der Waals surface area contributed by atoms with Crippen molar-refractivity contribution >= 4 is 5.91 Å². The Labute approximate surface area is 117 Å². The Kier molecular flexibility index (Phi) is 5.06. The Hall–Kier alpha value is -2.43. The fourth-order valence-electron chi connectivity index (χ4n) is 1.79. The standard InChI is InChI=1S/C15H16N2O3/c18-15(16-10-11-17-19)12-6-8-14(9-7-12)20-13-4-2-1-3-5-13/h2,4-9H,1,3,10-11H2,(H,16,18). The van der Waals surface area contributed by atoms with E-state index in [1.807, 2.05) is 12.2 Å². The van der Waals surface area contributed by atoms with Crippen LogP contribution in [-0.2, 0) is 0 Å². The summed E-state index contributed by atoms with van der Waals surface area (Å²) in [4.78, 5) is 21.6. The van der Waals surface area contributed by atoms with Gasteiger partial charge in [-0.15, -0.1) is 0 Å². The van der Waals surface area contributed by atoms with Gasteiger partial charge in [-0.2, -0.15) is 4.91 Å². The van der Waals surface area contributed by atoms with Gasteiger partial charge in [0.05, 0.1) is 6.54 Å². The molecule has 20 heavy (non-hydrogen) atoms. The van der Waals surface area contributed by atoms with E-state index >= 15 is 0 Å². The number of ether oxygens (including phenoxy) is 1. The largest absolute Gasteiger partial charge is 0.458 e. The van der Waals surface area contributed by atoms with Crippen LogP contribution in [0.3, 0.4) is 0 Å². The molecule has 1 amide bonds. The first-order chi connectivity index (χ1) is 9.79. The topological polar surface area (TPSA) is 67.8 Å². The van der Waals surface area contributed by atoms with Gasteiger partial charge in [0.15, 0.2) is 0 Å². The number of carbonyl (C=O) groups is 1. The fraction of sp³-hybridized carbons (Fsp3) is 0.267. The summed E-state index contributed by atoms with van der Waals surface area (Å²) in [6, 6.07) is 6.87. The average molecular weight is 272 g/mol. The number of amides is 1. The zero-order valence-electron chi connectivity index (χ0n) is 11.0. The third-order valence-corrected chi connectivity index (χ3v) is 2.80. The maximum Gasteiger partial charge on any atom is 0.251 e. The number of benzene rings is 1. The van der Waals surface area contributed by atoms with Crippen LogP contribution >= 0.6 is 0 Å². The van der Waals surface area contributed by atoms with E-state index in [4.69, 9.17) is 4.74 Å². The number of nitroso groups, excluding NO2 is 1. The lowest BCUT2D eigenvalue weighted by Crippen LogP contribution is -2.25. The van der Waals surface area contributed by atoms with Gasteiger partial charge in [0, 0.05) is 12.1 Å². The van der Waals surface area contributed by atoms with E-state index in [2.05, 4.69) is 16.6 Å². The van der Waals surface area contributed by atoms with Crippen LogP contribution in [0.15, 0.2) is 53.4 Å². The van der Waals surface area contributed by atoms with Gasteiger partial charge < -0.3 is 10.1 Å². The van der Waals surface area contributed by atoms with Crippen LogP contribution in [-0.4, -0.2) is 19.0 Å². The minimum Gasteiger partial charge on any atom is -0.458 e. The zero-order valence-corrected chi connectivity index (χ0v) is 11.0. The van der Waals surface area contributed by atoms with Gasteiger partial charge in [-0.1, -0.05) is 11.3 Å². The van der Waals surface area contributed by atoms with Gasteiger partial charge >= 0.3 is 0 Å². The molecule has 0 saturated heterocycles. The van der Waals surface area contributed by atoms with E-state index in [9.17, 15) is 9.70 Å². The number of nitrogens with one attached hydrogen (secondary N) is 1. The third kappa shape index (κ3) is 4.05. The van der Waals surface area contributed by atoms with E-state index < -0.39 is 0 Å². The van der Waals surface area contributed by atoms with Crippen molar-refractivity contribution in [2.75, 3.05) is 13.1 Å². The number of carbonyl (C=O) groups excluding carboxylic acids is 1. The molecule has 0 aromatic heterocycles. The maximum atomic E-state index is 11.7. The molecule has 1 aliphatic carbocycles. The summed E-state index contributed by atoms with van der Waals surface area (Å²) < 4.78 is 5.67. The Morgan fingerprint density at radius 2 is 2.05 bits per heavy atom. The SMILES string of the molecule is O=NCCNC(=O)c1ccc(OC2=CCCC=C2)cc1. The number of hydrogen-bond donors (Lipinski definition) is 1. The lowest BCUT2D eigenvalue weighted by atomic mass is 10.2. The summed E-state index contributed by atoms with van der Waals surface area (Å²) in [5.41, 5.74) is 0.524. The molecule has 0 atom stereocenters. The molecule has 1 N–H and O–H groups in total. The molecule has 5 nitrogen and oxygen atoms in total. The highest BCUT2D eigenvalue weighted by Gasteiger charge is 2.06. The summed E-state index contributed by atoms with van der Waals surface area (Å²) in [6.07, 6.45) is 8.07.